The van der Waals surface area contributed by atoms with E-state index in [-0.39, 0.29) is 29.8 Å². The Labute approximate surface area is 158 Å². The molecule has 1 saturated heterocycles. The summed E-state index contributed by atoms with van der Waals surface area (Å²) >= 11 is 0. The zero-order valence-corrected chi connectivity index (χ0v) is 15.5. The Hall–Kier alpha value is -2.24. The number of hydrogen-bond acceptors (Lipinski definition) is 2. The van der Waals surface area contributed by atoms with Gasteiger partial charge in [0.1, 0.15) is 11.6 Å². The van der Waals surface area contributed by atoms with Gasteiger partial charge < -0.3 is 10.2 Å². The summed E-state index contributed by atoms with van der Waals surface area (Å²) in [6, 6.07) is 3.94. The molecule has 6 heteroatoms. The topological polar surface area (TPSA) is 49.4 Å². The molecular formula is C21H26F2N2O2. The molecule has 4 nitrogen and oxygen atoms in total. The summed E-state index contributed by atoms with van der Waals surface area (Å²) in [4.78, 5) is 25.9. The number of benzene rings is 1. The van der Waals surface area contributed by atoms with Crippen LogP contribution in [-0.2, 0) is 15.0 Å². The van der Waals surface area contributed by atoms with Gasteiger partial charge >= 0.3 is 0 Å². The maximum absolute atomic E-state index is 14.4. The van der Waals surface area contributed by atoms with Crippen LogP contribution in [0.2, 0.25) is 0 Å². The van der Waals surface area contributed by atoms with Gasteiger partial charge in [0.05, 0.1) is 0 Å². The molecule has 1 heterocycles. The second-order valence-corrected chi connectivity index (χ2v) is 7.61. The van der Waals surface area contributed by atoms with Gasteiger partial charge in [-0.15, -0.1) is 0 Å². The molecule has 1 aliphatic carbocycles. The van der Waals surface area contributed by atoms with E-state index in [0.29, 0.717) is 38.8 Å². The standard InChI is InChI=1S/C21H26F2N2O2/c1-2-18(26)25-12-8-15(9-13-25)20(27)24-14-21(10-3-4-11-21)19-16(22)6-5-7-17(19)23/h2,5-7,15H,1,3-4,8-14H2,(H,24,27). The molecule has 0 spiro atoms. The van der Waals surface area contributed by atoms with Crippen molar-refractivity contribution in [3.8, 4) is 0 Å². The Balaban J connectivity index is 1.65. The highest BCUT2D eigenvalue weighted by atomic mass is 19.1. The van der Waals surface area contributed by atoms with Gasteiger partial charge in [0, 0.05) is 36.5 Å². The molecular weight excluding hydrogens is 350 g/mol. The summed E-state index contributed by atoms with van der Waals surface area (Å²) in [6.45, 7) is 4.78. The van der Waals surface area contributed by atoms with E-state index in [1.165, 1.54) is 24.3 Å². The first kappa shape index (κ1) is 19.5. The minimum Gasteiger partial charge on any atom is -0.355 e. The molecule has 1 aliphatic heterocycles. The van der Waals surface area contributed by atoms with Crippen molar-refractivity contribution in [1.29, 1.82) is 0 Å². The molecule has 1 aromatic carbocycles. The SMILES string of the molecule is C=CC(=O)N1CCC(C(=O)NCC2(c3c(F)cccc3F)CCCC2)CC1. The maximum atomic E-state index is 14.4. The van der Waals surface area contributed by atoms with Gasteiger partial charge in [-0.25, -0.2) is 8.78 Å². The molecule has 2 amide bonds. The van der Waals surface area contributed by atoms with Crippen LogP contribution in [0.1, 0.15) is 44.1 Å². The van der Waals surface area contributed by atoms with Crippen LogP contribution in [0.15, 0.2) is 30.9 Å². The zero-order valence-electron chi connectivity index (χ0n) is 15.5. The number of nitrogens with zero attached hydrogens (tertiary/aromatic N) is 1. The van der Waals surface area contributed by atoms with Crippen LogP contribution >= 0.6 is 0 Å². The molecule has 146 valence electrons. The van der Waals surface area contributed by atoms with Gasteiger partial charge in [0.15, 0.2) is 0 Å². The Morgan fingerprint density at radius 1 is 1.19 bits per heavy atom. The molecule has 0 unspecified atom stereocenters. The van der Waals surface area contributed by atoms with Gasteiger partial charge in [-0.2, -0.15) is 0 Å². The van der Waals surface area contributed by atoms with Gasteiger partial charge in [-0.05, 0) is 43.9 Å². The quantitative estimate of drug-likeness (QED) is 0.802. The van der Waals surface area contributed by atoms with E-state index < -0.39 is 17.0 Å². The highest BCUT2D eigenvalue weighted by Gasteiger charge is 2.40. The Bertz CT molecular complexity index is 701. The lowest BCUT2D eigenvalue weighted by Gasteiger charge is -2.33. The molecule has 1 N–H and O–H groups in total. The summed E-state index contributed by atoms with van der Waals surface area (Å²) in [5, 5.41) is 2.95. The fraction of sp³-hybridized carbons (Fsp3) is 0.524. The molecule has 0 radical (unpaired) electrons. The van der Waals surface area contributed by atoms with Crippen LogP contribution in [0.25, 0.3) is 0 Å². The first-order valence-electron chi connectivity index (χ1n) is 9.60. The third kappa shape index (κ3) is 4.04. The number of carbonyl (C=O) groups is 2. The lowest BCUT2D eigenvalue weighted by atomic mass is 9.78. The summed E-state index contributed by atoms with van der Waals surface area (Å²) in [5.74, 6) is -1.47. The van der Waals surface area contributed by atoms with Crippen molar-refractivity contribution in [3.63, 3.8) is 0 Å². The predicted octanol–water partition coefficient (Wildman–Crippen LogP) is 3.32. The van der Waals surface area contributed by atoms with Crippen LogP contribution in [0.5, 0.6) is 0 Å². The molecule has 2 fully saturated rings. The highest BCUT2D eigenvalue weighted by Crippen LogP contribution is 2.42. The van der Waals surface area contributed by atoms with Crippen LogP contribution in [0, 0.1) is 17.6 Å². The second-order valence-electron chi connectivity index (χ2n) is 7.61. The molecule has 27 heavy (non-hydrogen) atoms. The second kappa shape index (κ2) is 8.19. The fourth-order valence-corrected chi connectivity index (χ4v) is 4.46. The summed E-state index contributed by atoms with van der Waals surface area (Å²) in [6.07, 6.45) is 5.58. The largest absolute Gasteiger partial charge is 0.355 e. The molecule has 2 aliphatic rings. The zero-order chi connectivity index (χ0) is 19.4. The first-order valence-corrected chi connectivity index (χ1v) is 9.60. The predicted molar refractivity (Wildman–Crippen MR) is 99.0 cm³/mol. The lowest BCUT2D eigenvalue weighted by molar-refractivity contribution is -0.132. The molecule has 0 atom stereocenters. The smallest absolute Gasteiger partial charge is 0.245 e. The number of amides is 2. The molecule has 0 aromatic heterocycles. The molecule has 1 saturated carbocycles. The maximum Gasteiger partial charge on any atom is 0.245 e. The van der Waals surface area contributed by atoms with E-state index in [2.05, 4.69) is 11.9 Å². The van der Waals surface area contributed by atoms with Crippen molar-refractivity contribution < 1.29 is 18.4 Å². The number of halogens is 2. The summed E-state index contributed by atoms with van der Waals surface area (Å²) in [7, 11) is 0. The van der Waals surface area contributed by atoms with Crippen molar-refractivity contribution in [2.45, 2.75) is 43.9 Å². The third-order valence-electron chi connectivity index (χ3n) is 6.01. The van der Waals surface area contributed by atoms with Gasteiger partial charge in [-0.3, -0.25) is 9.59 Å². The Morgan fingerprint density at radius 3 is 2.33 bits per heavy atom. The monoisotopic (exact) mass is 376 g/mol. The van der Waals surface area contributed by atoms with Crippen molar-refractivity contribution in [1.82, 2.24) is 10.2 Å². The summed E-state index contributed by atoms with van der Waals surface area (Å²) in [5.41, 5.74) is -0.570. The van der Waals surface area contributed by atoms with E-state index in [1.807, 2.05) is 0 Å². The van der Waals surface area contributed by atoms with Gasteiger partial charge in [0.2, 0.25) is 11.8 Å². The van der Waals surface area contributed by atoms with Crippen molar-refractivity contribution in [3.05, 3.63) is 48.1 Å². The van der Waals surface area contributed by atoms with Crippen LogP contribution in [-0.4, -0.2) is 36.3 Å². The van der Waals surface area contributed by atoms with E-state index >= 15 is 0 Å². The minimum atomic E-state index is -0.676. The molecule has 3 rings (SSSR count). The van der Waals surface area contributed by atoms with E-state index in [0.717, 1.165) is 12.8 Å². The number of nitrogens with one attached hydrogen (secondary N) is 1. The Kier molecular flexibility index (Phi) is 5.92. The van der Waals surface area contributed by atoms with Crippen molar-refractivity contribution >= 4 is 11.8 Å². The first-order chi connectivity index (χ1) is 13.0. The number of piperidine rings is 1. The van der Waals surface area contributed by atoms with Crippen LogP contribution in [0.3, 0.4) is 0 Å². The van der Waals surface area contributed by atoms with Gasteiger partial charge in [0.25, 0.3) is 0 Å². The number of hydrogen-bond donors (Lipinski definition) is 1. The third-order valence-corrected chi connectivity index (χ3v) is 6.01. The van der Waals surface area contributed by atoms with Crippen LogP contribution in [0.4, 0.5) is 8.78 Å². The minimum absolute atomic E-state index is 0.0938. The number of likely N-dealkylation sites (tertiary alicyclic amines) is 1. The average molecular weight is 376 g/mol. The lowest BCUT2D eigenvalue weighted by Crippen LogP contribution is -2.46. The van der Waals surface area contributed by atoms with Crippen LogP contribution < -0.4 is 5.32 Å². The van der Waals surface area contributed by atoms with Crippen molar-refractivity contribution in [2.75, 3.05) is 19.6 Å². The molecule has 1 aromatic rings. The average Bonchev–Trinajstić information content (AvgIpc) is 3.15. The van der Waals surface area contributed by atoms with E-state index in [9.17, 15) is 18.4 Å². The number of carbonyl (C=O) groups excluding carboxylic acids is 2. The van der Waals surface area contributed by atoms with Gasteiger partial charge in [-0.1, -0.05) is 25.5 Å². The van der Waals surface area contributed by atoms with Crippen molar-refractivity contribution in [2.24, 2.45) is 5.92 Å². The fourth-order valence-electron chi connectivity index (χ4n) is 4.46. The molecule has 0 bridgehead atoms. The van der Waals surface area contributed by atoms with E-state index in [1.54, 1.807) is 4.90 Å². The normalized spacial score (nSPS) is 19.7. The van der Waals surface area contributed by atoms with E-state index in [4.69, 9.17) is 0 Å². The Morgan fingerprint density at radius 2 is 1.78 bits per heavy atom. The summed E-state index contributed by atoms with van der Waals surface area (Å²) < 4.78 is 28.8. The highest BCUT2D eigenvalue weighted by molar-refractivity contribution is 5.87. The number of rotatable bonds is 5.